The summed E-state index contributed by atoms with van der Waals surface area (Å²) in [7, 11) is 0. The van der Waals surface area contributed by atoms with Gasteiger partial charge in [0.15, 0.2) is 0 Å². The molecule has 1 atom stereocenters. The Balaban J connectivity index is 2.43. The van der Waals surface area contributed by atoms with Crippen LogP contribution in [0, 0.1) is 5.92 Å². The predicted octanol–water partition coefficient (Wildman–Crippen LogP) is 2.06. The zero-order valence-electron chi connectivity index (χ0n) is 8.58. The Hall–Kier alpha value is -1.31. The van der Waals surface area contributed by atoms with Gasteiger partial charge in [-0.2, -0.15) is 0 Å². The molecule has 1 N–H and O–H groups in total. The number of benzene rings is 1. The van der Waals surface area contributed by atoms with Crippen molar-refractivity contribution in [3.8, 4) is 0 Å². The van der Waals surface area contributed by atoms with Crippen LogP contribution in [0.2, 0.25) is 0 Å². The second-order valence-corrected chi connectivity index (χ2v) is 4.16. The number of nitrogens with one attached hydrogen (secondary N) is 1. The Bertz CT molecular complexity index is 357. The number of rotatable bonds is 1. The van der Waals surface area contributed by atoms with Gasteiger partial charge in [-0.25, -0.2) is 0 Å². The lowest BCUT2D eigenvalue weighted by Gasteiger charge is -2.29. The Morgan fingerprint density at radius 3 is 2.79 bits per heavy atom. The first kappa shape index (κ1) is 9.25. The molecule has 2 heteroatoms. The third-order valence-electron chi connectivity index (χ3n) is 2.72. The molecule has 0 bridgehead atoms. The van der Waals surface area contributed by atoms with Gasteiger partial charge in [0, 0.05) is 0 Å². The SMILES string of the molecule is CC(C)C1NC(=O)Cc2ccccc21. The van der Waals surface area contributed by atoms with Gasteiger partial charge in [0.25, 0.3) is 0 Å². The summed E-state index contributed by atoms with van der Waals surface area (Å²) in [5.74, 6) is 0.586. The van der Waals surface area contributed by atoms with Gasteiger partial charge in [0.2, 0.25) is 5.91 Å². The summed E-state index contributed by atoms with van der Waals surface area (Å²) in [6.07, 6.45) is 0.527. The summed E-state index contributed by atoms with van der Waals surface area (Å²) in [5, 5.41) is 3.03. The molecule has 2 rings (SSSR count). The van der Waals surface area contributed by atoms with Crippen molar-refractivity contribution in [1.82, 2.24) is 5.32 Å². The quantitative estimate of drug-likeness (QED) is 0.719. The zero-order chi connectivity index (χ0) is 10.1. The molecule has 2 nitrogen and oxygen atoms in total. The third kappa shape index (κ3) is 1.52. The maximum absolute atomic E-state index is 11.4. The lowest BCUT2D eigenvalue weighted by Crippen LogP contribution is -2.37. The van der Waals surface area contributed by atoms with Gasteiger partial charge in [-0.15, -0.1) is 0 Å². The maximum Gasteiger partial charge on any atom is 0.224 e. The minimum absolute atomic E-state index is 0.141. The van der Waals surface area contributed by atoms with E-state index in [9.17, 15) is 4.79 Å². The Morgan fingerprint density at radius 2 is 2.07 bits per heavy atom. The molecular formula is C12H15NO. The fourth-order valence-electron chi connectivity index (χ4n) is 2.00. The van der Waals surface area contributed by atoms with Crippen molar-refractivity contribution < 1.29 is 4.79 Å². The fraction of sp³-hybridized carbons (Fsp3) is 0.417. The number of carbonyl (C=O) groups excluding carboxylic acids is 1. The molecule has 0 saturated carbocycles. The standard InChI is InChI=1S/C12H15NO/c1-8(2)12-10-6-4-3-5-9(10)7-11(14)13-12/h3-6,8,12H,7H2,1-2H3,(H,13,14). The second-order valence-electron chi connectivity index (χ2n) is 4.16. The summed E-state index contributed by atoms with van der Waals surface area (Å²) in [4.78, 5) is 11.4. The molecule has 1 heterocycles. The molecule has 1 aromatic carbocycles. The first-order valence-corrected chi connectivity index (χ1v) is 5.05. The van der Waals surface area contributed by atoms with Crippen molar-refractivity contribution in [2.24, 2.45) is 5.92 Å². The largest absolute Gasteiger partial charge is 0.349 e. The molecule has 1 aliphatic rings. The first-order valence-electron chi connectivity index (χ1n) is 5.05. The number of carbonyl (C=O) groups is 1. The molecule has 0 saturated heterocycles. The number of hydrogen-bond donors (Lipinski definition) is 1. The van der Waals surface area contributed by atoms with Crippen LogP contribution in [0.4, 0.5) is 0 Å². The lowest BCUT2D eigenvalue weighted by molar-refractivity contribution is -0.122. The summed E-state index contributed by atoms with van der Waals surface area (Å²) < 4.78 is 0. The fourth-order valence-corrected chi connectivity index (χ4v) is 2.00. The van der Waals surface area contributed by atoms with Gasteiger partial charge >= 0.3 is 0 Å². The van der Waals surface area contributed by atoms with E-state index in [0.29, 0.717) is 12.3 Å². The van der Waals surface area contributed by atoms with Crippen molar-refractivity contribution in [3.05, 3.63) is 35.4 Å². The summed E-state index contributed by atoms with van der Waals surface area (Å²) >= 11 is 0. The number of hydrogen-bond acceptors (Lipinski definition) is 1. The molecule has 0 aliphatic carbocycles. The van der Waals surface area contributed by atoms with Crippen LogP contribution in [0.15, 0.2) is 24.3 Å². The van der Waals surface area contributed by atoms with Crippen LogP contribution < -0.4 is 5.32 Å². The van der Waals surface area contributed by atoms with Crippen LogP contribution in [0.1, 0.15) is 31.0 Å². The molecule has 14 heavy (non-hydrogen) atoms. The molecule has 0 radical (unpaired) electrons. The Labute approximate surface area is 84.3 Å². The van der Waals surface area contributed by atoms with Crippen LogP contribution in [-0.4, -0.2) is 5.91 Å². The molecule has 1 aromatic rings. The van der Waals surface area contributed by atoms with Gasteiger partial charge in [0.05, 0.1) is 12.5 Å². The number of amides is 1. The minimum atomic E-state index is 0.141. The normalized spacial score (nSPS) is 20.5. The zero-order valence-corrected chi connectivity index (χ0v) is 8.58. The molecular weight excluding hydrogens is 174 g/mol. The summed E-state index contributed by atoms with van der Waals surface area (Å²) in [6, 6.07) is 8.37. The molecule has 0 spiro atoms. The van der Waals surface area contributed by atoms with Crippen molar-refractivity contribution in [2.75, 3.05) is 0 Å². The smallest absolute Gasteiger partial charge is 0.224 e. The minimum Gasteiger partial charge on any atom is -0.349 e. The molecule has 74 valence electrons. The van der Waals surface area contributed by atoms with E-state index in [1.54, 1.807) is 0 Å². The van der Waals surface area contributed by atoms with Gasteiger partial charge in [-0.3, -0.25) is 4.79 Å². The van der Waals surface area contributed by atoms with E-state index in [4.69, 9.17) is 0 Å². The average molecular weight is 189 g/mol. The monoisotopic (exact) mass is 189 g/mol. The highest BCUT2D eigenvalue weighted by atomic mass is 16.1. The van der Waals surface area contributed by atoms with Crippen molar-refractivity contribution in [3.63, 3.8) is 0 Å². The molecule has 0 fully saturated rings. The van der Waals surface area contributed by atoms with E-state index in [1.165, 1.54) is 11.1 Å². The summed E-state index contributed by atoms with van der Waals surface area (Å²) in [5.41, 5.74) is 2.46. The Kier molecular flexibility index (Phi) is 2.28. The highest BCUT2D eigenvalue weighted by Gasteiger charge is 2.25. The van der Waals surface area contributed by atoms with E-state index in [-0.39, 0.29) is 11.9 Å². The van der Waals surface area contributed by atoms with Crippen LogP contribution in [0.5, 0.6) is 0 Å². The molecule has 1 aliphatic heterocycles. The first-order chi connectivity index (χ1) is 6.68. The van der Waals surface area contributed by atoms with E-state index in [1.807, 2.05) is 18.2 Å². The lowest BCUT2D eigenvalue weighted by atomic mass is 9.88. The van der Waals surface area contributed by atoms with Gasteiger partial charge in [-0.1, -0.05) is 38.1 Å². The third-order valence-corrected chi connectivity index (χ3v) is 2.72. The molecule has 1 amide bonds. The summed E-state index contributed by atoms with van der Waals surface area (Å²) in [6.45, 7) is 4.26. The highest BCUT2D eigenvalue weighted by molar-refractivity contribution is 5.81. The molecule has 0 aromatic heterocycles. The van der Waals surface area contributed by atoms with E-state index in [0.717, 1.165) is 0 Å². The van der Waals surface area contributed by atoms with Gasteiger partial charge in [-0.05, 0) is 17.0 Å². The topological polar surface area (TPSA) is 29.1 Å². The van der Waals surface area contributed by atoms with E-state index < -0.39 is 0 Å². The predicted molar refractivity (Wildman–Crippen MR) is 55.9 cm³/mol. The van der Waals surface area contributed by atoms with Gasteiger partial charge < -0.3 is 5.32 Å². The number of fused-ring (bicyclic) bond motifs is 1. The maximum atomic E-state index is 11.4. The van der Waals surface area contributed by atoms with E-state index >= 15 is 0 Å². The second kappa shape index (κ2) is 3.45. The average Bonchev–Trinajstić information content (AvgIpc) is 2.16. The van der Waals surface area contributed by atoms with Crippen molar-refractivity contribution in [2.45, 2.75) is 26.3 Å². The van der Waals surface area contributed by atoms with Crippen LogP contribution in [0.25, 0.3) is 0 Å². The van der Waals surface area contributed by atoms with Crippen molar-refractivity contribution in [1.29, 1.82) is 0 Å². The molecule has 1 unspecified atom stereocenters. The van der Waals surface area contributed by atoms with Crippen LogP contribution in [-0.2, 0) is 11.2 Å². The van der Waals surface area contributed by atoms with Crippen LogP contribution >= 0.6 is 0 Å². The van der Waals surface area contributed by atoms with Crippen molar-refractivity contribution >= 4 is 5.91 Å². The highest BCUT2D eigenvalue weighted by Crippen LogP contribution is 2.28. The van der Waals surface area contributed by atoms with Gasteiger partial charge in [0.1, 0.15) is 0 Å². The Morgan fingerprint density at radius 1 is 1.36 bits per heavy atom. The van der Waals surface area contributed by atoms with Crippen LogP contribution in [0.3, 0.4) is 0 Å². The van der Waals surface area contributed by atoms with E-state index in [2.05, 4.69) is 25.2 Å².